The van der Waals surface area contributed by atoms with Gasteiger partial charge in [0.1, 0.15) is 0 Å². The van der Waals surface area contributed by atoms with Crippen LogP contribution in [0.25, 0.3) is 0 Å². The fourth-order valence-electron chi connectivity index (χ4n) is 2.83. The van der Waals surface area contributed by atoms with Crippen molar-refractivity contribution in [2.75, 3.05) is 16.8 Å². The Morgan fingerprint density at radius 3 is 2.42 bits per heavy atom. The summed E-state index contributed by atoms with van der Waals surface area (Å²) in [5.74, 6) is -1.56. The van der Waals surface area contributed by atoms with Gasteiger partial charge in [0.05, 0.1) is 17.2 Å². The maximum absolute atomic E-state index is 13.0. The summed E-state index contributed by atoms with van der Waals surface area (Å²) in [4.78, 5) is 26.1. The number of rotatable bonds is 3. The molecule has 2 aromatic rings. The van der Waals surface area contributed by atoms with Crippen LogP contribution in [0.1, 0.15) is 12.0 Å². The van der Waals surface area contributed by atoms with Gasteiger partial charge in [-0.2, -0.15) is 13.2 Å². The summed E-state index contributed by atoms with van der Waals surface area (Å²) < 4.78 is 40.0. The van der Waals surface area contributed by atoms with Crippen LogP contribution in [0.4, 0.5) is 24.5 Å². The maximum Gasteiger partial charge on any atom is 0.418 e. The third-order valence-corrected chi connectivity index (χ3v) is 4.65. The summed E-state index contributed by atoms with van der Waals surface area (Å²) in [6.45, 7) is 0.125. The van der Waals surface area contributed by atoms with Crippen molar-refractivity contribution < 1.29 is 22.8 Å². The summed E-state index contributed by atoms with van der Waals surface area (Å²) in [7, 11) is 0. The van der Waals surface area contributed by atoms with Crippen molar-refractivity contribution in [3.63, 3.8) is 0 Å². The molecule has 0 spiro atoms. The fraction of sp³-hybridized carbons (Fsp3) is 0.222. The molecule has 0 aromatic heterocycles. The van der Waals surface area contributed by atoms with Crippen LogP contribution in [0.3, 0.4) is 0 Å². The minimum Gasteiger partial charge on any atom is -0.325 e. The zero-order valence-electron chi connectivity index (χ0n) is 13.4. The van der Waals surface area contributed by atoms with E-state index in [2.05, 4.69) is 21.2 Å². The molecule has 0 bridgehead atoms. The number of hydrogen-bond donors (Lipinski definition) is 1. The first-order valence-corrected chi connectivity index (χ1v) is 8.58. The molecule has 2 amide bonds. The van der Waals surface area contributed by atoms with Gasteiger partial charge in [-0.15, -0.1) is 0 Å². The van der Waals surface area contributed by atoms with E-state index in [9.17, 15) is 22.8 Å². The average molecular weight is 427 g/mol. The number of alkyl halides is 3. The molecule has 1 N–H and O–H groups in total. The minimum atomic E-state index is -4.57. The Kier molecular flexibility index (Phi) is 5.04. The second kappa shape index (κ2) is 7.11. The number of benzene rings is 2. The van der Waals surface area contributed by atoms with Crippen LogP contribution >= 0.6 is 15.9 Å². The van der Waals surface area contributed by atoms with E-state index in [4.69, 9.17) is 0 Å². The van der Waals surface area contributed by atoms with E-state index in [-0.39, 0.29) is 24.6 Å². The second-order valence-electron chi connectivity index (χ2n) is 5.91. The summed E-state index contributed by atoms with van der Waals surface area (Å²) in [6, 6.07) is 11.8. The Balaban J connectivity index is 1.74. The smallest absolute Gasteiger partial charge is 0.325 e. The Bertz CT molecular complexity index is 837. The number of halogens is 4. The molecule has 8 heteroatoms. The first-order chi connectivity index (χ1) is 12.3. The highest BCUT2D eigenvalue weighted by Crippen LogP contribution is 2.35. The van der Waals surface area contributed by atoms with Gasteiger partial charge < -0.3 is 10.2 Å². The van der Waals surface area contributed by atoms with Crippen LogP contribution in [-0.4, -0.2) is 18.4 Å². The van der Waals surface area contributed by atoms with Crippen molar-refractivity contribution in [2.24, 2.45) is 5.92 Å². The molecule has 1 aliphatic heterocycles. The number of anilines is 2. The summed E-state index contributed by atoms with van der Waals surface area (Å²) in [5, 5.41) is 2.32. The molecular formula is C18H14BrF3N2O2. The third-order valence-electron chi connectivity index (χ3n) is 4.12. The van der Waals surface area contributed by atoms with Gasteiger partial charge in [0.2, 0.25) is 11.8 Å². The summed E-state index contributed by atoms with van der Waals surface area (Å²) >= 11 is 3.30. The number of carbonyl (C=O) groups excluding carboxylic acids is 2. The monoisotopic (exact) mass is 426 g/mol. The van der Waals surface area contributed by atoms with E-state index >= 15 is 0 Å². The van der Waals surface area contributed by atoms with E-state index in [0.29, 0.717) is 5.69 Å². The molecule has 2 aromatic carbocycles. The van der Waals surface area contributed by atoms with Gasteiger partial charge >= 0.3 is 6.18 Å². The van der Waals surface area contributed by atoms with Crippen LogP contribution in [0.5, 0.6) is 0 Å². The molecule has 4 nitrogen and oxygen atoms in total. The molecule has 1 saturated heterocycles. The van der Waals surface area contributed by atoms with Crippen LogP contribution in [0.2, 0.25) is 0 Å². The molecule has 3 rings (SSSR count). The zero-order valence-corrected chi connectivity index (χ0v) is 15.0. The molecule has 1 aliphatic rings. The van der Waals surface area contributed by atoms with Crippen molar-refractivity contribution in [1.82, 2.24) is 0 Å². The van der Waals surface area contributed by atoms with Gasteiger partial charge in [-0.3, -0.25) is 9.59 Å². The molecule has 1 fully saturated rings. The lowest BCUT2D eigenvalue weighted by molar-refractivity contribution is -0.137. The Morgan fingerprint density at radius 2 is 1.77 bits per heavy atom. The van der Waals surface area contributed by atoms with Crippen LogP contribution in [0, 0.1) is 5.92 Å². The summed E-state index contributed by atoms with van der Waals surface area (Å²) in [5.41, 5.74) is -0.578. The quantitative estimate of drug-likeness (QED) is 0.787. The van der Waals surface area contributed by atoms with Crippen LogP contribution < -0.4 is 10.2 Å². The standard InChI is InChI=1S/C18H14BrF3N2O2/c19-12-5-7-13(8-6-12)24-10-11(9-16(24)25)17(26)23-15-4-2-1-3-14(15)18(20,21)22/h1-8,11H,9-10H2,(H,23,26)/t11-/m0/s1. The fourth-order valence-corrected chi connectivity index (χ4v) is 3.09. The minimum absolute atomic E-state index is 0.0456. The molecule has 1 heterocycles. The molecule has 0 radical (unpaired) electrons. The number of hydrogen-bond acceptors (Lipinski definition) is 2. The lowest BCUT2D eigenvalue weighted by Gasteiger charge is -2.18. The predicted molar refractivity (Wildman–Crippen MR) is 94.7 cm³/mol. The van der Waals surface area contributed by atoms with Gasteiger partial charge in [-0.05, 0) is 36.4 Å². The van der Waals surface area contributed by atoms with Crippen molar-refractivity contribution in [3.05, 3.63) is 58.6 Å². The number of para-hydroxylation sites is 1. The maximum atomic E-state index is 13.0. The topological polar surface area (TPSA) is 49.4 Å². The highest BCUT2D eigenvalue weighted by Gasteiger charge is 2.37. The van der Waals surface area contributed by atoms with Crippen molar-refractivity contribution in [1.29, 1.82) is 0 Å². The Morgan fingerprint density at radius 1 is 1.12 bits per heavy atom. The lowest BCUT2D eigenvalue weighted by atomic mass is 10.1. The van der Waals surface area contributed by atoms with E-state index in [1.165, 1.54) is 23.1 Å². The van der Waals surface area contributed by atoms with E-state index in [1.807, 2.05) is 0 Å². The molecule has 0 aliphatic carbocycles. The number of amides is 2. The van der Waals surface area contributed by atoms with Crippen LogP contribution in [-0.2, 0) is 15.8 Å². The largest absolute Gasteiger partial charge is 0.418 e. The van der Waals surface area contributed by atoms with Crippen molar-refractivity contribution in [2.45, 2.75) is 12.6 Å². The highest BCUT2D eigenvalue weighted by molar-refractivity contribution is 9.10. The molecule has 136 valence electrons. The van der Waals surface area contributed by atoms with Gasteiger partial charge in [-0.1, -0.05) is 28.1 Å². The molecule has 0 saturated carbocycles. The van der Waals surface area contributed by atoms with Gasteiger partial charge in [0.25, 0.3) is 0 Å². The van der Waals surface area contributed by atoms with Crippen molar-refractivity contribution >= 4 is 39.1 Å². The van der Waals surface area contributed by atoms with E-state index in [1.54, 1.807) is 24.3 Å². The van der Waals surface area contributed by atoms with Gasteiger partial charge in [0.15, 0.2) is 0 Å². The first-order valence-electron chi connectivity index (χ1n) is 7.79. The average Bonchev–Trinajstić information content (AvgIpc) is 2.97. The Hall–Kier alpha value is -2.35. The van der Waals surface area contributed by atoms with Crippen LogP contribution in [0.15, 0.2) is 53.0 Å². The molecular weight excluding hydrogens is 413 g/mol. The normalized spacial score (nSPS) is 17.5. The second-order valence-corrected chi connectivity index (χ2v) is 6.83. The van der Waals surface area contributed by atoms with E-state index in [0.717, 1.165) is 10.5 Å². The summed E-state index contributed by atoms with van der Waals surface area (Å²) in [6.07, 6.45) is -4.62. The third kappa shape index (κ3) is 3.90. The molecule has 0 unspecified atom stereocenters. The van der Waals surface area contributed by atoms with Crippen molar-refractivity contribution in [3.8, 4) is 0 Å². The highest BCUT2D eigenvalue weighted by atomic mass is 79.9. The van der Waals surface area contributed by atoms with Gasteiger partial charge in [0, 0.05) is 23.1 Å². The predicted octanol–water partition coefficient (Wildman–Crippen LogP) is 4.46. The van der Waals surface area contributed by atoms with E-state index < -0.39 is 23.6 Å². The number of carbonyl (C=O) groups is 2. The first kappa shape index (κ1) is 18.4. The molecule has 1 atom stereocenters. The van der Waals surface area contributed by atoms with Gasteiger partial charge in [-0.25, -0.2) is 0 Å². The Labute approximate surface area is 156 Å². The lowest BCUT2D eigenvalue weighted by Crippen LogP contribution is -2.28. The molecule has 26 heavy (non-hydrogen) atoms. The SMILES string of the molecule is O=C(Nc1ccccc1C(F)(F)F)[C@H]1CC(=O)N(c2ccc(Br)cc2)C1. The number of nitrogens with zero attached hydrogens (tertiary/aromatic N) is 1. The zero-order chi connectivity index (χ0) is 18.9. The number of nitrogens with one attached hydrogen (secondary N) is 1.